The first-order valence-corrected chi connectivity index (χ1v) is 5.16. The highest BCUT2D eigenvalue weighted by molar-refractivity contribution is 5.36. The summed E-state index contributed by atoms with van der Waals surface area (Å²) in [6.07, 6.45) is -0.823. The molecule has 4 heteroatoms. The van der Waals surface area contributed by atoms with Crippen molar-refractivity contribution in [1.82, 2.24) is 0 Å². The minimum absolute atomic E-state index is 0.259. The van der Waals surface area contributed by atoms with Crippen LogP contribution >= 0.6 is 0 Å². The summed E-state index contributed by atoms with van der Waals surface area (Å²) in [6.45, 7) is 3.25. The molecule has 2 atom stereocenters. The maximum atomic E-state index is 13.1. The molecule has 0 saturated carbocycles. The van der Waals surface area contributed by atoms with Gasteiger partial charge in [-0.25, -0.2) is 4.39 Å². The number of benzene rings is 1. The number of hydrogen-bond donors (Lipinski definition) is 2. The molecule has 1 rings (SSSR count). The molecule has 0 fully saturated rings. The molecule has 0 aromatic heterocycles. The van der Waals surface area contributed by atoms with E-state index < -0.39 is 17.5 Å². The first-order valence-electron chi connectivity index (χ1n) is 5.16. The Labute approximate surface area is 94.5 Å². The topological polar surface area (TPSA) is 49.7 Å². The van der Waals surface area contributed by atoms with Gasteiger partial charge in [0.2, 0.25) is 0 Å². The van der Waals surface area contributed by atoms with Gasteiger partial charge < -0.3 is 14.9 Å². The summed E-state index contributed by atoms with van der Waals surface area (Å²) in [7, 11) is 1.43. The van der Waals surface area contributed by atoms with E-state index in [-0.39, 0.29) is 5.56 Å². The molecule has 16 heavy (non-hydrogen) atoms. The third-order valence-electron chi connectivity index (χ3n) is 2.79. The predicted octanol–water partition coefficient (Wildman–Crippen LogP) is 2.03. The van der Waals surface area contributed by atoms with E-state index in [0.717, 1.165) is 0 Å². The third-order valence-corrected chi connectivity index (χ3v) is 2.79. The van der Waals surface area contributed by atoms with Crippen LogP contribution in [0.15, 0.2) is 18.2 Å². The molecule has 2 unspecified atom stereocenters. The monoisotopic (exact) mass is 228 g/mol. The molecule has 1 aromatic rings. The normalized spacial score (nSPS) is 16.6. The average molecular weight is 228 g/mol. The molecule has 0 heterocycles. The second-order valence-electron chi connectivity index (χ2n) is 4.00. The highest BCUT2D eigenvalue weighted by Crippen LogP contribution is 2.34. The Bertz CT molecular complexity index is 363. The molecule has 0 radical (unpaired) electrons. The van der Waals surface area contributed by atoms with Crippen LogP contribution in [0, 0.1) is 5.82 Å². The molecule has 0 amide bonds. The fraction of sp³-hybridized carbons (Fsp3) is 0.500. The molecular weight excluding hydrogens is 211 g/mol. The molecule has 2 N–H and O–H groups in total. The third kappa shape index (κ3) is 2.51. The van der Waals surface area contributed by atoms with Crippen molar-refractivity contribution in [2.45, 2.75) is 32.0 Å². The lowest BCUT2D eigenvalue weighted by Gasteiger charge is -2.29. The second-order valence-corrected chi connectivity index (χ2v) is 4.00. The predicted molar refractivity (Wildman–Crippen MR) is 58.8 cm³/mol. The fourth-order valence-corrected chi connectivity index (χ4v) is 1.45. The van der Waals surface area contributed by atoms with Gasteiger partial charge in [-0.1, -0.05) is 6.92 Å². The first-order chi connectivity index (χ1) is 7.42. The molecule has 1 aromatic carbocycles. The summed E-state index contributed by atoms with van der Waals surface area (Å²) in [5.74, 6) is -0.107. The Kier molecular flexibility index (Phi) is 3.88. The van der Waals surface area contributed by atoms with Crippen LogP contribution in [0.3, 0.4) is 0 Å². The maximum Gasteiger partial charge on any atom is 0.124 e. The van der Waals surface area contributed by atoms with Gasteiger partial charge in [0.25, 0.3) is 0 Å². The Morgan fingerprint density at radius 3 is 2.62 bits per heavy atom. The standard InChI is InChI=1S/C12H17FO3/c1-4-12(2,15)11(14)9-7-8(13)5-6-10(9)16-3/h5-7,11,14-15H,4H2,1-3H3. The molecule has 3 nitrogen and oxygen atoms in total. The molecule has 0 aliphatic carbocycles. The van der Waals surface area contributed by atoms with E-state index in [9.17, 15) is 14.6 Å². The Morgan fingerprint density at radius 2 is 2.12 bits per heavy atom. The molecule has 0 spiro atoms. The zero-order chi connectivity index (χ0) is 12.3. The quantitative estimate of drug-likeness (QED) is 0.829. The van der Waals surface area contributed by atoms with Gasteiger partial charge in [-0.3, -0.25) is 0 Å². The zero-order valence-corrected chi connectivity index (χ0v) is 9.70. The molecule has 90 valence electrons. The Balaban J connectivity index is 3.16. The van der Waals surface area contributed by atoms with Gasteiger partial charge in [0, 0.05) is 5.56 Å². The average Bonchev–Trinajstić information content (AvgIpc) is 2.28. The van der Waals surface area contributed by atoms with E-state index in [0.29, 0.717) is 12.2 Å². The van der Waals surface area contributed by atoms with Crippen molar-refractivity contribution in [3.05, 3.63) is 29.6 Å². The largest absolute Gasteiger partial charge is 0.496 e. The Morgan fingerprint density at radius 1 is 1.50 bits per heavy atom. The van der Waals surface area contributed by atoms with Gasteiger partial charge in [-0.2, -0.15) is 0 Å². The van der Waals surface area contributed by atoms with Crippen LogP contribution in [0.5, 0.6) is 5.75 Å². The maximum absolute atomic E-state index is 13.1. The van der Waals surface area contributed by atoms with Crippen molar-refractivity contribution in [1.29, 1.82) is 0 Å². The van der Waals surface area contributed by atoms with E-state index in [1.165, 1.54) is 32.2 Å². The van der Waals surface area contributed by atoms with Crippen molar-refractivity contribution in [2.75, 3.05) is 7.11 Å². The summed E-state index contributed by atoms with van der Waals surface area (Å²) in [4.78, 5) is 0. The van der Waals surface area contributed by atoms with Crippen LogP contribution in [0.4, 0.5) is 4.39 Å². The van der Waals surface area contributed by atoms with Crippen LogP contribution in [0.1, 0.15) is 31.9 Å². The van der Waals surface area contributed by atoms with Crippen LogP contribution in [-0.2, 0) is 0 Å². The summed E-state index contributed by atoms with van der Waals surface area (Å²) < 4.78 is 18.1. The minimum atomic E-state index is -1.30. The van der Waals surface area contributed by atoms with E-state index >= 15 is 0 Å². The molecular formula is C12H17FO3. The van der Waals surface area contributed by atoms with E-state index in [2.05, 4.69) is 0 Å². The highest BCUT2D eigenvalue weighted by Gasteiger charge is 2.31. The molecule has 0 bridgehead atoms. The zero-order valence-electron chi connectivity index (χ0n) is 9.70. The van der Waals surface area contributed by atoms with Crippen LogP contribution in [-0.4, -0.2) is 22.9 Å². The van der Waals surface area contributed by atoms with Gasteiger partial charge in [0.15, 0.2) is 0 Å². The fourth-order valence-electron chi connectivity index (χ4n) is 1.45. The smallest absolute Gasteiger partial charge is 0.124 e. The van der Waals surface area contributed by atoms with Crippen molar-refractivity contribution < 1.29 is 19.3 Å². The first kappa shape index (κ1) is 12.9. The summed E-state index contributed by atoms with van der Waals surface area (Å²) in [5.41, 5.74) is -1.05. The summed E-state index contributed by atoms with van der Waals surface area (Å²) in [5, 5.41) is 19.9. The van der Waals surface area contributed by atoms with Crippen molar-refractivity contribution in [2.24, 2.45) is 0 Å². The van der Waals surface area contributed by atoms with Gasteiger partial charge in [-0.15, -0.1) is 0 Å². The number of methoxy groups -OCH3 is 1. The van der Waals surface area contributed by atoms with Gasteiger partial charge >= 0.3 is 0 Å². The number of rotatable bonds is 4. The molecule has 0 aliphatic heterocycles. The number of aliphatic hydroxyl groups is 2. The summed E-state index contributed by atoms with van der Waals surface area (Å²) in [6, 6.07) is 3.85. The number of aliphatic hydroxyl groups excluding tert-OH is 1. The number of ether oxygens (including phenoxy) is 1. The second kappa shape index (κ2) is 4.80. The van der Waals surface area contributed by atoms with Crippen molar-refractivity contribution >= 4 is 0 Å². The lowest BCUT2D eigenvalue weighted by Crippen LogP contribution is -2.32. The summed E-state index contributed by atoms with van der Waals surface area (Å²) >= 11 is 0. The molecule has 0 saturated heterocycles. The highest BCUT2D eigenvalue weighted by atomic mass is 19.1. The van der Waals surface area contributed by atoms with Gasteiger partial charge in [0.1, 0.15) is 17.7 Å². The van der Waals surface area contributed by atoms with Gasteiger partial charge in [0.05, 0.1) is 12.7 Å². The minimum Gasteiger partial charge on any atom is -0.496 e. The van der Waals surface area contributed by atoms with Crippen LogP contribution < -0.4 is 4.74 Å². The van der Waals surface area contributed by atoms with Crippen molar-refractivity contribution in [3.8, 4) is 5.75 Å². The van der Waals surface area contributed by atoms with E-state index in [1.54, 1.807) is 6.92 Å². The van der Waals surface area contributed by atoms with Crippen LogP contribution in [0.2, 0.25) is 0 Å². The Hall–Kier alpha value is -1.13. The van der Waals surface area contributed by atoms with E-state index in [1.807, 2.05) is 0 Å². The SMILES string of the molecule is CCC(C)(O)C(O)c1cc(F)ccc1OC. The van der Waals surface area contributed by atoms with Gasteiger partial charge in [-0.05, 0) is 31.5 Å². The van der Waals surface area contributed by atoms with Crippen LogP contribution in [0.25, 0.3) is 0 Å². The molecule has 0 aliphatic rings. The van der Waals surface area contributed by atoms with Crippen molar-refractivity contribution in [3.63, 3.8) is 0 Å². The lowest BCUT2D eigenvalue weighted by atomic mass is 9.90. The number of hydrogen-bond acceptors (Lipinski definition) is 3. The lowest BCUT2D eigenvalue weighted by molar-refractivity contribution is -0.0667. The number of halogens is 1. The van der Waals surface area contributed by atoms with E-state index in [4.69, 9.17) is 4.74 Å².